The maximum atomic E-state index is 10.6. The molecule has 0 saturated heterocycles. The minimum Gasteiger partial charge on any atom is -0.377 e. The van der Waals surface area contributed by atoms with Crippen LogP contribution in [-0.2, 0) is 0 Å². The third kappa shape index (κ3) is 2.29. The summed E-state index contributed by atoms with van der Waals surface area (Å²) in [6.07, 6.45) is 1.28. The molecule has 0 bridgehead atoms. The van der Waals surface area contributed by atoms with Crippen LogP contribution in [0.1, 0.15) is 0 Å². The van der Waals surface area contributed by atoms with Crippen molar-refractivity contribution in [1.82, 2.24) is 4.98 Å². The highest BCUT2D eigenvalue weighted by Gasteiger charge is 2.10. The lowest BCUT2D eigenvalue weighted by atomic mass is 10.1. The van der Waals surface area contributed by atoms with Crippen LogP contribution >= 0.6 is 0 Å². The predicted molar refractivity (Wildman–Crippen MR) is 70.7 cm³/mol. The van der Waals surface area contributed by atoms with Crippen LogP contribution in [0.4, 0.5) is 11.4 Å². The van der Waals surface area contributed by atoms with Gasteiger partial charge in [0.15, 0.2) is 0 Å². The summed E-state index contributed by atoms with van der Waals surface area (Å²) in [5.74, 6) is 0. The zero-order valence-electron chi connectivity index (χ0n) is 10.2. The molecule has 2 aromatic rings. The van der Waals surface area contributed by atoms with Gasteiger partial charge < -0.3 is 4.90 Å². The Morgan fingerprint density at radius 2 is 1.89 bits per heavy atom. The number of aromatic nitrogens is 1. The molecule has 0 saturated carbocycles. The van der Waals surface area contributed by atoms with Gasteiger partial charge in [0.2, 0.25) is 0 Å². The highest BCUT2D eigenvalue weighted by Crippen LogP contribution is 2.28. The molecular weight excluding hydrogens is 230 g/mol. The molecule has 18 heavy (non-hydrogen) atoms. The molecule has 92 valence electrons. The van der Waals surface area contributed by atoms with Crippen LogP contribution in [0.2, 0.25) is 0 Å². The fourth-order valence-corrected chi connectivity index (χ4v) is 1.73. The van der Waals surface area contributed by atoms with Crippen molar-refractivity contribution in [2.45, 2.75) is 0 Å². The first kappa shape index (κ1) is 12.0. The van der Waals surface area contributed by atoms with E-state index in [-0.39, 0.29) is 5.69 Å². The monoisotopic (exact) mass is 243 g/mol. The Hall–Kier alpha value is -2.43. The molecule has 0 amide bonds. The van der Waals surface area contributed by atoms with Crippen molar-refractivity contribution in [2.24, 2.45) is 0 Å². The van der Waals surface area contributed by atoms with E-state index < -0.39 is 4.92 Å². The van der Waals surface area contributed by atoms with E-state index in [4.69, 9.17) is 0 Å². The van der Waals surface area contributed by atoms with E-state index >= 15 is 0 Å². The Bertz CT molecular complexity index is 565. The molecule has 2 rings (SSSR count). The first-order valence-electron chi connectivity index (χ1n) is 5.47. The molecule has 0 N–H and O–H groups in total. The zero-order valence-corrected chi connectivity index (χ0v) is 10.2. The summed E-state index contributed by atoms with van der Waals surface area (Å²) >= 11 is 0. The average molecular weight is 243 g/mol. The van der Waals surface area contributed by atoms with Gasteiger partial charge in [-0.2, -0.15) is 0 Å². The molecule has 0 aliphatic carbocycles. The predicted octanol–water partition coefficient (Wildman–Crippen LogP) is 2.72. The molecular formula is C13H13N3O2. The second kappa shape index (κ2) is 4.83. The van der Waals surface area contributed by atoms with Gasteiger partial charge in [0.25, 0.3) is 5.69 Å². The molecule has 0 aliphatic rings. The van der Waals surface area contributed by atoms with Gasteiger partial charge >= 0.3 is 0 Å². The van der Waals surface area contributed by atoms with Gasteiger partial charge in [0.05, 0.1) is 10.6 Å². The summed E-state index contributed by atoms with van der Waals surface area (Å²) in [6.45, 7) is 0. The fourth-order valence-electron chi connectivity index (χ4n) is 1.73. The standard InChI is InChI=1S/C13H13N3O2/c1-15(2)13-6-4-3-5-11(13)12-8-7-10(9-14-12)16(17)18/h3-9H,1-2H3. The minimum atomic E-state index is -0.450. The van der Waals surface area contributed by atoms with Crippen molar-refractivity contribution in [1.29, 1.82) is 0 Å². The Kier molecular flexibility index (Phi) is 3.23. The van der Waals surface area contributed by atoms with Gasteiger partial charge in [-0.1, -0.05) is 18.2 Å². The summed E-state index contributed by atoms with van der Waals surface area (Å²) in [4.78, 5) is 16.3. The summed E-state index contributed by atoms with van der Waals surface area (Å²) in [5.41, 5.74) is 2.71. The number of rotatable bonds is 3. The molecule has 0 atom stereocenters. The van der Waals surface area contributed by atoms with Crippen LogP contribution in [0, 0.1) is 10.1 Å². The normalized spacial score (nSPS) is 10.1. The number of pyridine rings is 1. The second-order valence-corrected chi connectivity index (χ2v) is 4.07. The van der Waals surface area contributed by atoms with Gasteiger partial charge in [-0.15, -0.1) is 0 Å². The highest BCUT2D eigenvalue weighted by atomic mass is 16.6. The van der Waals surface area contributed by atoms with Crippen molar-refractivity contribution < 1.29 is 4.92 Å². The minimum absolute atomic E-state index is 0.00100. The SMILES string of the molecule is CN(C)c1ccccc1-c1ccc([N+](=O)[O-])cn1. The number of hydrogen-bond donors (Lipinski definition) is 0. The van der Waals surface area contributed by atoms with Crippen LogP contribution in [0.15, 0.2) is 42.6 Å². The van der Waals surface area contributed by atoms with Gasteiger partial charge in [-0.05, 0) is 12.1 Å². The number of hydrogen-bond acceptors (Lipinski definition) is 4. The lowest BCUT2D eigenvalue weighted by Gasteiger charge is -2.16. The molecule has 0 radical (unpaired) electrons. The van der Waals surface area contributed by atoms with Crippen molar-refractivity contribution in [2.75, 3.05) is 19.0 Å². The third-order valence-corrected chi connectivity index (χ3v) is 2.62. The van der Waals surface area contributed by atoms with E-state index in [2.05, 4.69) is 4.98 Å². The lowest BCUT2D eigenvalue weighted by molar-refractivity contribution is -0.385. The summed E-state index contributed by atoms with van der Waals surface area (Å²) < 4.78 is 0. The largest absolute Gasteiger partial charge is 0.377 e. The smallest absolute Gasteiger partial charge is 0.287 e. The molecule has 0 spiro atoms. The van der Waals surface area contributed by atoms with E-state index in [0.717, 1.165) is 16.9 Å². The first-order chi connectivity index (χ1) is 8.59. The topological polar surface area (TPSA) is 59.3 Å². The maximum Gasteiger partial charge on any atom is 0.287 e. The van der Waals surface area contributed by atoms with Crippen LogP contribution in [-0.4, -0.2) is 24.0 Å². The van der Waals surface area contributed by atoms with Gasteiger partial charge in [-0.3, -0.25) is 10.1 Å². The molecule has 1 aromatic carbocycles. The van der Waals surface area contributed by atoms with Crippen LogP contribution in [0.5, 0.6) is 0 Å². The molecule has 1 heterocycles. The van der Waals surface area contributed by atoms with Crippen LogP contribution in [0.3, 0.4) is 0 Å². The summed E-state index contributed by atoms with van der Waals surface area (Å²) in [7, 11) is 3.90. The Labute approximate surface area is 105 Å². The number of benzene rings is 1. The number of anilines is 1. The van der Waals surface area contributed by atoms with Crippen molar-refractivity contribution in [3.8, 4) is 11.3 Å². The van der Waals surface area contributed by atoms with Gasteiger partial charge in [0.1, 0.15) is 6.20 Å². The highest BCUT2D eigenvalue weighted by molar-refractivity contribution is 5.76. The van der Waals surface area contributed by atoms with E-state index in [0.29, 0.717) is 0 Å². The molecule has 0 unspecified atom stereocenters. The van der Waals surface area contributed by atoms with Crippen molar-refractivity contribution in [3.63, 3.8) is 0 Å². The zero-order chi connectivity index (χ0) is 13.1. The molecule has 5 heteroatoms. The Balaban J connectivity index is 2.46. The molecule has 1 aromatic heterocycles. The van der Waals surface area contributed by atoms with Crippen LogP contribution < -0.4 is 4.90 Å². The van der Waals surface area contributed by atoms with Crippen LogP contribution in [0.25, 0.3) is 11.3 Å². The van der Waals surface area contributed by atoms with Crippen molar-refractivity contribution >= 4 is 11.4 Å². The van der Waals surface area contributed by atoms with E-state index in [1.807, 2.05) is 43.3 Å². The Morgan fingerprint density at radius 1 is 1.17 bits per heavy atom. The van der Waals surface area contributed by atoms with E-state index in [1.54, 1.807) is 6.07 Å². The Morgan fingerprint density at radius 3 is 2.44 bits per heavy atom. The quantitative estimate of drug-likeness (QED) is 0.614. The maximum absolute atomic E-state index is 10.6. The fraction of sp³-hybridized carbons (Fsp3) is 0.154. The molecule has 0 fully saturated rings. The average Bonchev–Trinajstić information content (AvgIpc) is 2.39. The van der Waals surface area contributed by atoms with E-state index in [9.17, 15) is 10.1 Å². The van der Waals surface area contributed by atoms with Gasteiger partial charge in [0, 0.05) is 31.4 Å². The number of nitrogens with zero attached hydrogens (tertiary/aromatic N) is 3. The van der Waals surface area contributed by atoms with Crippen molar-refractivity contribution in [3.05, 3.63) is 52.7 Å². The second-order valence-electron chi connectivity index (χ2n) is 4.07. The number of para-hydroxylation sites is 1. The summed E-state index contributed by atoms with van der Waals surface area (Å²) in [6, 6.07) is 10.9. The molecule has 0 aliphatic heterocycles. The van der Waals surface area contributed by atoms with E-state index in [1.165, 1.54) is 12.3 Å². The molecule has 5 nitrogen and oxygen atoms in total. The lowest BCUT2D eigenvalue weighted by Crippen LogP contribution is -2.10. The number of nitro groups is 1. The first-order valence-corrected chi connectivity index (χ1v) is 5.47. The third-order valence-electron chi connectivity index (χ3n) is 2.62. The van der Waals surface area contributed by atoms with Gasteiger partial charge in [-0.25, -0.2) is 4.98 Å². The summed E-state index contributed by atoms with van der Waals surface area (Å²) in [5, 5.41) is 10.6.